The molecule has 10 heteroatoms. The highest BCUT2D eigenvalue weighted by Crippen LogP contribution is 2.31. The van der Waals surface area contributed by atoms with Crippen molar-refractivity contribution in [1.82, 2.24) is 15.1 Å². The molecule has 1 amide bonds. The van der Waals surface area contributed by atoms with Crippen molar-refractivity contribution in [3.63, 3.8) is 0 Å². The van der Waals surface area contributed by atoms with Crippen molar-refractivity contribution in [2.24, 2.45) is 5.92 Å². The summed E-state index contributed by atoms with van der Waals surface area (Å²) in [7, 11) is 0. The van der Waals surface area contributed by atoms with Gasteiger partial charge in [-0.15, -0.1) is 19.1 Å². The van der Waals surface area contributed by atoms with E-state index in [0.717, 1.165) is 0 Å². The summed E-state index contributed by atoms with van der Waals surface area (Å²) in [5, 5.41) is 17.4. The Balaban J connectivity index is 1.65. The summed E-state index contributed by atoms with van der Waals surface area (Å²) in [6, 6.07) is 8.41. The largest absolute Gasteiger partial charge is 0.573 e. The molecular weight excluding hydrogens is 487 g/mol. The van der Waals surface area contributed by atoms with E-state index in [1.54, 1.807) is 29.9 Å². The molecular formula is C27H26F3N3O4. The number of rotatable bonds is 6. The zero-order valence-electron chi connectivity index (χ0n) is 20.3. The van der Waals surface area contributed by atoms with Gasteiger partial charge >= 0.3 is 12.3 Å². The first-order valence-corrected chi connectivity index (χ1v) is 11.9. The predicted molar refractivity (Wildman–Crippen MR) is 130 cm³/mol. The Morgan fingerprint density at radius 2 is 1.81 bits per heavy atom. The molecule has 3 aromatic rings. The molecule has 1 heterocycles. The van der Waals surface area contributed by atoms with Gasteiger partial charge in [-0.1, -0.05) is 18.1 Å². The summed E-state index contributed by atoms with van der Waals surface area (Å²) in [5.74, 6) is 4.05. The molecule has 0 aliphatic heterocycles. The number of carboxylic acid groups (broad SMARTS) is 1. The minimum absolute atomic E-state index is 0.136. The molecule has 2 aromatic carbocycles. The number of amides is 1. The molecule has 194 valence electrons. The summed E-state index contributed by atoms with van der Waals surface area (Å²) in [4.78, 5) is 24.6. The quantitative estimate of drug-likeness (QED) is 0.437. The number of hydrogen-bond donors (Lipinski definition) is 2. The van der Waals surface area contributed by atoms with Gasteiger partial charge in [0.15, 0.2) is 0 Å². The standard InChI is InChI=1S/C27H26F3N3O4/c1-3-4-18-9-14-22(25(34)32-20-10-5-19(6-11-20)26(35)36)24-23(18)15-31-33(24)16(2)17-7-12-21(13-8-17)37-27(28,29)30/h7-9,12-16,19-20H,5-6,10-11H2,1-2H3,(H,32,34)(H,35,36)/t16-,19?,20?/m0/s1. The zero-order valence-corrected chi connectivity index (χ0v) is 20.3. The number of aromatic nitrogens is 2. The van der Waals surface area contributed by atoms with E-state index in [0.29, 0.717) is 53.3 Å². The van der Waals surface area contributed by atoms with Crippen LogP contribution in [0.3, 0.4) is 0 Å². The van der Waals surface area contributed by atoms with Crippen LogP contribution in [0.15, 0.2) is 42.6 Å². The summed E-state index contributed by atoms with van der Waals surface area (Å²) in [6.45, 7) is 3.54. The van der Waals surface area contributed by atoms with Crippen molar-refractivity contribution < 1.29 is 32.6 Å². The van der Waals surface area contributed by atoms with Crippen LogP contribution in [0.2, 0.25) is 0 Å². The average molecular weight is 514 g/mol. The highest BCUT2D eigenvalue weighted by Gasteiger charge is 2.31. The maximum atomic E-state index is 13.4. The van der Waals surface area contributed by atoms with Crippen molar-refractivity contribution >= 4 is 22.8 Å². The van der Waals surface area contributed by atoms with Crippen LogP contribution in [-0.2, 0) is 4.79 Å². The molecule has 1 fully saturated rings. The third-order valence-corrected chi connectivity index (χ3v) is 6.64. The van der Waals surface area contributed by atoms with Crippen LogP contribution in [0.1, 0.15) is 67.1 Å². The van der Waals surface area contributed by atoms with Gasteiger partial charge in [-0.05, 0) is 69.4 Å². The molecule has 37 heavy (non-hydrogen) atoms. The van der Waals surface area contributed by atoms with Gasteiger partial charge in [0.2, 0.25) is 0 Å². The third-order valence-electron chi connectivity index (χ3n) is 6.64. The minimum Gasteiger partial charge on any atom is -0.481 e. The van der Waals surface area contributed by atoms with Crippen molar-refractivity contribution in [1.29, 1.82) is 0 Å². The fourth-order valence-corrected chi connectivity index (χ4v) is 4.72. The number of carboxylic acids is 1. The average Bonchev–Trinajstić information content (AvgIpc) is 3.29. The van der Waals surface area contributed by atoms with E-state index in [2.05, 4.69) is 27.0 Å². The van der Waals surface area contributed by atoms with Crippen LogP contribution in [0.5, 0.6) is 5.75 Å². The molecule has 0 bridgehead atoms. The van der Waals surface area contributed by atoms with E-state index in [1.807, 2.05) is 6.92 Å². The van der Waals surface area contributed by atoms with Gasteiger partial charge in [0.1, 0.15) is 5.75 Å². The van der Waals surface area contributed by atoms with Gasteiger partial charge in [0.25, 0.3) is 5.91 Å². The SMILES string of the molecule is CC#Cc1ccc(C(=O)NC2CCC(C(=O)O)CC2)c2c1cnn2[C@@H](C)c1ccc(OC(F)(F)F)cc1. The normalized spacial score (nSPS) is 18.5. The molecule has 1 aliphatic carbocycles. The fraction of sp³-hybridized carbons (Fsp3) is 0.370. The number of hydrogen-bond acceptors (Lipinski definition) is 4. The molecule has 0 unspecified atom stereocenters. The number of carbonyl (C=O) groups is 2. The van der Waals surface area contributed by atoms with E-state index < -0.39 is 18.4 Å². The predicted octanol–water partition coefficient (Wildman–Crippen LogP) is 5.29. The number of fused-ring (bicyclic) bond motifs is 1. The second-order valence-corrected chi connectivity index (χ2v) is 9.04. The summed E-state index contributed by atoms with van der Waals surface area (Å²) in [6.07, 6.45) is -0.993. The summed E-state index contributed by atoms with van der Waals surface area (Å²) >= 11 is 0. The van der Waals surface area contributed by atoms with Crippen molar-refractivity contribution in [3.8, 4) is 17.6 Å². The monoisotopic (exact) mass is 513 g/mol. The van der Waals surface area contributed by atoms with Gasteiger partial charge in [-0.2, -0.15) is 5.10 Å². The molecule has 1 aromatic heterocycles. The molecule has 1 atom stereocenters. The van der Waals surface area contributed by atoms with E-state index in [1.165, 1.54) is 24.3 Å². The van der Waals surface area contributed by atoms with Crippen LogP contribution >= 0.6 is 0 Å². The Labute approximate surface area is 211 Å². The molecule has 1 saturated carbocycles. The molecule has 0 spiro atoms. The van der Waals surface area contributed by atoms with Crippen molar-refractivity contribution in [3.05, 3.63) is 59.3 Å². The van der Waals surface area contributed by atoms with Crippen molar-refractivity contribution in [2.75, 3.05) is 0 Å². The molecule has 0 radical (unpaired) electrons. The van der Waals surface area contributed by atoms with Crippen LogP contribution < -0.4 is 10.1 Å². The Hall–Kier alpha value is -4.00. The van der Waals surface area contributed by atoms with Crippen LogP contribution in [0.4, 0.5) is 13.2 Å². The topological polar surface area (TPSA) is 93.5 Å². The molecule has 2 N–H and O–H groups in total. The number of alkyl halides is 3. The van der Waals surface area contributed by atoms with Crippen LogP contribution in [0, 0.1) is 17.8 Å². The van der Waals surface area contributed by atoms with E-state index in [4.69, 9.17) is 0 Å². The van der Waals surface area contributed by atoms with Gasteiger partial charge in [-0.3, -0.25) is 14.3 Å². The second-order valence-electron chi connectivity index (χ2n) is 9.04. The third kappa shape index (κ3) is 5.88. The lowest BCUT2D eigenvalue weighted by molar-refractivity contribution is -0.274. The Bertz CT molecular complexity index is 1360. The first-order valence-electron chi connectivity index (χ1n) is 11.9. The molecule has 7 nitrogen and oxygen atoms in total. The number of aliphatic carboxylic acids is 1. The number of halogens is 3. The lowest BCUT2D eigenvalue weighted by atomic mass is 9.86. The highest BCUT2D eigenvalue weighted by molar-refractivity contribution is 6.07. The Morgan fingerprint density at radius 1 is 1.14 bits per heavy atom. The maximum absolute atomic E-state index is 13.4. The number of benzene rings is 2. The maximum Gasteiger partial charge on any atom is 0.573 e. The van der Waals surface area contributed by atoms with E-state index in [-0.39, 0.29) is 23.6 Å². The van der Waals surface area contributed by atoms with Crippen LogP contribution in [-0.4, -0.2) is 39.2 Å². The molecule has 0 saturated heterocycles. The van der Waals surface area contributed by atoms with Crippen molar-refractivity contribution in [2.45, 2.75) is 58.0 Å². The lowest BCUT2D eigenvalue weighted by Crippen LogP contribution is -2.39. The Kier molecular flexibility index (Phi) is 7.43. The van der Waals surface area contributed by atoms with Gasteiger partial charge < -0.3 is 15.2 Å². The number of nitrogens with zero attached hydrogens (tertiary/aromatic N) is 2. The summed E-state index contributed by atoms with van der Waals surface area (Å²) < 4.78 is 43.2. The zero-order chi connectivity index (χ0) is 26.7. The smallest absolute Gasteiger partial charge is 0.481 e. The second kappa shape index (κ2) is 10.5. The highest BCUT2D eigenvalue weighted by atomic mass is 19.4. The van der Waals surface area contributed by atoms with E-state index >= 15 is 0 Å². The number of nitrogens with one attached hydrogen (secondary N) is 1. The Morgan fingerprint density at radius 3 is 2.41 bits per heavy atom. The fourth-order valence-electron chi connectivity index (χ4n) is 4.72. The van der Waals surface area contributed by atoms with E-state index in [9.17, 15) is 27.9 Å². The number of ether oxygens (including phenoxy) is 1. The van der Waals surface area contributed by atoms with Gasteiger partial charge in [-0.25, -0.2) is 0 Å². The number of carbonyl (C=O) groups excluding carboxylic acids is 1. The van der Waals surface area contributed by atoms with Gasteiger partial charge in [0, 0.05) is 17.0 Å². The van der Waals surface area contributed by atoms with Gasteiger partial charge in [0.05, 0.1) is 29.2 Å². The molecule has 4 rings (SSSR count). The first-order chi connectivity index (χ1) is 17.6. The first kappa shape index (κ1) is 26.1. The van der Waals surface area contributed by atoms with Crippen LogP contribution in [0.25, 0.3) is 10.9 Å². The molecule has 1 aliphatic rings. The minimum atomic E-state index is -4.78. The summed E-state index contributed by atoms with van der Waals surface area (Å²) in [5.41, 5.74) is 2.31. The lowest BCUT2D eigenvalue weighted by Gasteiger charge is -2.27.